The number of halogens is 1. The fourth-order valence-corrected chi connectivity index (χ4v) is 2.25. The summed E-state index contributed by atoms with van der Waals surface area (Å²) in [6.45, 7) is 3.80. The number of thiocarbonyl (C=S) groups is 1. The Morgan fingerprint density at radius 1 is 1.14 bits per heavy atom. The van der Waals surface area contributed by atoms with Crippen molar-refractivity contribution < 1.29 is 14.3 Å². The van der Waals surface area contributed by atoms with Crippen LogP contribution in [0.15, 0.2) is 36.4 Å². The SMILES string of the molecule is Cc1cc(C)cc(C(=O)NC(=S)Nc2ccc(F)cc2O)c1. The van der Waals surface area contributed by atoms with Crippen molar-refractivity contribution in [1.82, 2.24) is 5.32 Å². The van der Waals surface area contributed by atoms with Gasteiger partial charge in [0.05, 0.1) is 5.69 Å². The molecule has 2 rings (SSSR count). The smallest absolute Gasteiger partial charge is 0.257 e. The first-order chi connectivity index (χ1) is 10.3. The third-order valence-corrected chi connectivity index (χ3v) is 3.12. The van der Waals surface area contributed by atoms with Gasteiger partial charge in [-0.15, -0.1) is 0 Å². The fourth-order valence-electron chi connectivity index (χ4n) is 2.05. The minimum Gasteiger partial charge on any atom is -0.506 e. The molecule has 0 aliphatic heterocycles. The lowest BCUT2D eigenvalue weighted by atomic mass is 10.1. The molecule has 0 unspecified atom stereocenters. The second-order valence-corrected chi connectivity index (χ2v) is 5.35. The van der Waals surface area contributed by atoms with Crippen LogP contribution in [-0.4, -0.2) is 16.1 Å². The first kappa shape index (κ1) is 15.9. The number of aromatic hydroxyl groups is 1. The molecular formula is C16H15FN2O2S. The zero-order valence-electron chi connectivity index (χ0n) is 12.1. The van der Waals surface area contributed by atoms with Crippen LogP contribution in [-0.2, 0) is 0 Å². The van der Waals surface area contributed by atoms with E-state index in [4.69, 9.17) is 12.2 Å². The average molecular weight is 318 g/mol. The van der Waals surface area contributed by atoms with E-state index in [1.807, 2.05) is 19.9 Å². The van der Waals surface area contributed by atoms with E-state index in [-0.39, 0.29) is 22.5 Å². The van der Waals surface area contributed by atoms with Crippen molar-refractivity contribution in [3.05, 3.63) is 58.9 Å². The number of carbonyl (C=O) groups excluding carboxylic acids is 1. The maximum atomic E-state index is 12.9. The quantitative estimate of drug-likeness (QED) is 0.587. The van der Waals surface area contributed by atoms with E-state index in [0.717, 1.165) is 17.2 Å². The molecule has 22 heavy (non-hydrogen) atoms. The Hall–Kier alpha value is -2.47. The molecule has 0 heterocycles. The van der Waals surface area contributed by atoms with Crippen LogP contribution in [0.1, 0.15) is 21.5 Å². The van der Waals surface area contributed by atoms with Gasteiger partial charge in [0.1, 0.15) is 11.6 Å². The highest BCUT2D eigenvalue weighted by atomic mass is 32.1. The van der Waals surface area contributed by atoms with Gasteiger partial charge in [-0.3, -0.25) is 10.1 Å². The zero-order valence-corrected chi connectivity index (χ0v) is 12.9. The number of hydrogen-bond acceptors (Lipinski definition) is 3. The van der Waals surface area contributed by atoms with E-state index < -0.39 is 5.82 Å². The third-order valence-electron chi connectivity index (χ3n) is 2.92. The van der Waals surface area contributed by atoms with E-state index in [1.54, 1.807) is 12.1 Å². The standard InChI is InChI=1S/C16H15FN2O2S/c1-9-5-10(2)7-11(6-9)15(21)19-16(22)18-13-4-3-12(17)8-14(13)20/h3-8,20H,1-2H3,(H2,18,19,21,22). The van der Waals surface area contributed by atoms with Crippen molar-refractivity contribution in [2.24, 2.45) is 0 Å². The summed E-state index contributed by atoms with van der Waals surface area (Å²) in [5.74, 6) is -1.21. The Kier molecular flexibility index (Phi) is 4.72. The number of aryl methyl sites for hydroxylation is 2. The normalized spacial score (nSPS) is 10.1. The highest BCUT2D eigenvalue weighted by Crippen LogP contribution is 2.23. The molecule has 0 saturated carbocycles. The summed E-state index contributed by atoms with van der Waals surface area (Å²) >= 11 is 5.02. The van der Waals surface area contributed by atoms with Crippen molar-refractivity contribution in [1.29, 1.82) is 0 Å². The van der Waals surface area contributed by atoms with Crippen molar-refractivity contribution in [2.75, 3.05) is 5.32 Å². The molecule has 3 N–H and O–H groups in total. The Morgan fingerprint density at radius 2 is 1.77 bits per heavy atom. The topological polar surface area (TPSA) is 61.4 Å². The molecule has 0 aliphatic rings. The number of anilines is 1. The molecule has 1 amide bonds. The molecule has 0 aromatic heterocycles. The van der Waals surface area contributed by atoms with Crippen LogP contribution in [0.3, 0.4) is 0 Å². The highest BCUT2D eigenvalue weighted by molar-refractivity contribution is 7.80. The molecule has 0 spiro atoms. The van der Waals surface area contributed by atoms with E-state index in [2.05, 4.69) is 10.6 Å². The second kappa shape index (κ2) is 6.53. The molecule has 0 atom stereocenters. The molecular weight excluding hydrogens is 303 g/mol. The first-order valence-electron chi connectivity index (χ1n) is 6.54. The van der Waals surface area contributed by atoms with Crippen molar-refractivity contribution in [3.8, 4) is 5.75 Å². The number of nitrogens with one attached hydrogen (secondary N) is 2. The van der Waals surface area contributed by atoms with Gasteiger partial charge < -0.3 is 10.4 Å². The van der Waals surface area contributed by atoms with Crippen LogP contribution in [0.25, 0.3) is 0 Å². The van der Waals surface area contributed by atoms with Gasteiger partial charge in [-0.05, 0) is 50.3 Å². The minimum absolute atomic E-state index is 0.0195. The molecule has 0 radical (unpaired) electrons. The number of benzene rings is 2. The first-order valence-corrected chi connectivity index (χ1v) is 6.95. The van der Waals surface area contributed by atoms with Gasteiger partial charge in [0.15, 0.2) is 5.11 Å². The lowest BCUT2D eigenvalue weighted by molar-refractivity contribution is 0.0977. The van der Waals surface area contributed by atoms with Gasteiger partial charge in [-0.2, -0.15) is 0 Å². The van der Waals surface area contributed by atoms with Crippen LogP contribution in [0, 0.1) is 19.7 Å². The molecule has 0 fully saturated rings. The summed E-state index contributed by atoms with van der Waals surface area (Å²) in [4.78, 5) is 12.1. The Bertz CT molecular complexity index is 727. The lowest BCUT2D eigenvalue weighted by Crippen LogP contribution is -2.34. The number of amides is 1. The van der Waals surface area contributed by atoms with E-state index >= 15 is 0 Å². The molecule has 0 aliphatic carbocycles. The Labute approximate surface area is 133 Å². The van der Waals surface area contributed by atoms with Gasteiger partial charge in [-0.1, -0.05) is 17.2 Å². The van der Waals surface area contributed by atoms with Crippen molar-refractivity contribution >= 4 is 28.9 Å². The fraction of sp³-hybridized carbons (Fsp3) is 0.125. The van der Waals surface area contributed by atoms with Crippen LogP contribution in [0.4, 0.5) is 10.1 Å². The van der Waals surface area contributed by atoms with Gasteiger partial charge in [0.25, 0.3) is 5.91 Å². The minimum atomic E-state index is -0.562. The number of hydrogen-bond donors (Lipinski definition) is 3. The van der Waals surface area contributed by atoms with Gasteiger partial charge >= 0.3 is 0 Å². The summed E-state index contributed by atoms with van der Waals surface area (Å²) in [6, 6.07) is 8.93. The Balaban J connectivity index is 2.06. The molecule has 0 saturated heterocycles. The molecule has 6 heteroatoms. The predicted octanol–water partition coefficient (Wildman–Crippen LogP) is 3.27. The second-order valence-electron chi connectivity index (χ2n) is 4.95. The van der Waals surface area contributed by atoms with E-state index in [1.165, 1.54) is 12.1 Å². The van der Waals surface area contributed by atoms with E-state index in [0.29, 0.717) is 5.56 Å². The number of phenolic OH excluding ortho intramolecular Hbond substituents is 1. The summed E-state index contributed by atoms with van der Waals surface area (Å²) in [6.07, 6.45) is 0. The van der Waals surface area contributed by atoms with Gasteiger partial charge in [-0.25, -0.2) is 4.39 Å². The molecule has 2 aromatic rings. The summed E-state index contributed by atoms with van der Waals surface area (Å²) in [5.41, 5.74) is 2.65. The molecule has 4 nitrogen and oxygen atoms in total. The van der Waals surface area contributed by atoms with Crippen molar-refractivity contribution in [3.63, 3.8) is 0 Å². The van der Waals surface area contributed by atoms with Crippen LogP contribution in [0.2, 0.25) is 0 Å². The summed E-state index contributed by atoms with van der Waals surface area (Å²) < 4.78 is 12.9. The van der Waals surface area contributed by atoms with Crippen LogP contribution in [0.5, 0.6) is 5.75 Å². The van der Waals surface area contributed by atoms with Crippen LogP contribution < -0.4 is 10.6 Å². The number of carbonyl (C=O) groups is 1. The molecule has 2 aromatic carbocycles. The van der Waals surface area contributed by atoms with E-state index in [9.17, 15) is 14.3 Å². The highest BCUT2D eigenvalue weighted by Gasteiger charge is 2.10. The zero-order chi connectivity index (χ0) is 16.3. The molecule has 0 bridgehead atoms. The third kappa shape index (κ3) is 4.02. The van der Waals surface area contributed by atoms with Gasteiger partial charge in [0.2, 0.25) is 0 Å². The maximum absolute atomic E-state index is 12.9. The lowest BCUT2D eigenvalue weighted by Gasteiger charge is -2.11. The predicted molar refractivity (Wildman–Crippen MR) is 87.7 cm³/mol. The maximum Gasteiger partial charge on any atom is 0.257 e. The summed E-state index contributed by atoms with van der Waals surface area (Å²) in [7, 11) is 0. The Morgan fingerprint density at radius 3 is 2.36 bits per heavy atom. The summed E-state index contributed by atoms with van der Waals surface area (Å²) in [5, 5.41) is 14.8. The number of rotatable bonds is 2. The average Bonchev–Trinajstić information content (AvgIpc) is 2.40. The van der Waals surface area contributed by atoms with Crippen molar-refractivity contribution in [2.45, 2.75) is 13.8 Å². The van der Waals surface area contributed by atoms with Gasteiger partial charge in [0, 0.05) is 11.6 Å². The molecule has 114 valence electrons. The monoisotopic (exact) mass is 318 g/mol. The van der Waals surface area contributed by atoms with Crippen LogP contribution >= 0.6 is 12.2 Å². The largest absolute Gasteiger partial charge is 0.506 e. The number of phenols is 1.